The Kier molecular flexibility index (Phi) is 3.22. The molecule has 6 heteroatoms. The number of alkyl halides is 2. The van der Waals surface area contributed by atoms with Crippen molar-refractivity contribution in [2.75, 3.05) is 6.61 Å². The topological polar surface area (TPSA) is 9.23 Å². The maximum Gasteiger partial charge on any atom is 0.305 e. The molecule has 0 spiro atoms. The summed E-state index contributed by atoms with van der Waals surface area (Å²) < 4.78 is 75.5. The lowest BCUT2D eigenvalue weighted by Crippen LogP contribution is -2.17. The second-order valence-corrected chi connectivity index (χ2v) is 4.71. The van der Waals surface area contributed by atoms with Crippen molar-refractivity contribution in [2.45, 2.75) is 12.8 Å². The van der Waals surface area contributed by atoms with Gasteiger partial charge in [-0.3, -0.25) is 0 Å². The molecule has 0 fully saturated rings. The monoisotopic (exact) mass is 312 g/mol. The fraction of sp³-hybridized carbons (Fsp3) is 0.188. The molecule has 0 atom stereocenters. The molecule has 0 amide bonds. The zero-order valence-electron chi connectivity index (χ0n) is 11.3. The predicted molar refractivity (Wildman–Crippen MR) is 69.6 cm³/mol. The third kappa shape index (κ3) is 1.84. The third-order valence-corrected chi connectivity index (χ3v) is 3.46. The summed E-state index contributed by atoms with van der Waals surface area (Å²) in [4.78, 5) is 0. The highest BCUT2D eigenvalue weighted by atomic mass is 19.3. The van der Waals surface area contributed by atoms with Crippen LogP contribution in [-0.2, 0) is 10.7 Å². The van der Waals surface area contributed by atoms with Gasteiger partial charge in [0.05, 0.1) is 17.7 Å². The van der Waals surface area contributed by atoms with E-state index in [2.05, 4.69) is 5.73 Å². The number of allylic oxidation sites excluding steroid dienone is 4. The summed E-state index contributed by atoms with van der Waals surface area (Å²) in [6.07, 6.45) is 2.20. The molecule has 1 aromatic carbocycles. The van der Waals surface area contributed by atoms with Gasteiger partial charge in [-0.25, -0.2) is 13.2 Å². The van der Waals surface area contributed by atoms with Gasteiger partial charge in [-0.2, -0.15) is 8.78 Å². The zero-order valence-corrected chi connectivity index (χ0v) is 11.3. The van der Waals surface area contributed by atoms with E-state index in [1.165, 1.54) is 0 Å². The smallest absolute Gasteiger partial charge is 0.305 e. The van der Waals surface area contributed by atoms with E-state index in [1.807, 2.05) is 0 Å². The van der Waals surface area contributed by atoms with Crippen LogP contribution in [0.5, 0.6) is 0 Å². The van der Waals surface area contributed by atoms with Crippen LogP contribution in [0.15, 0.2) is 47.2 Å². The lowest BCUT2D eigenvalue weighted by molar-refractivity contribution is 0.0361. The molecule has 0 saturated heterocycles. The van der Waals surface area contributed by atoms with Crippen LogP contribution in [-0.4, -0.2) is 6.61 Å². The van der Waals surface area contributed by atoms with Crippen LogP contribution in [0.4, 0.5) is 22.0 Å². The molecule has 114 valence electrons. The van der Waals surface area contributed by atoms with Crippen molar-refractivity contribution in [2.24, 2.45) is 0 Å². The van der Waals surface area contributed by atoms with E-state index in [9.17, 15) is 22.0 Å². The molecule has 2 aliphatic rings. The number of ether oxygens (including phenoxy) is 1. The third-order valence-electron chi connectivity index (χ3n) is 3.46. The molecule has 3 rings (SSSR count). The SMILES string of the molecule is CCOC1=C(F)C2=C(C=C=C1)c1ccc(F)c(F)c1C2(F)F. The fourth-order valence-electron chi connectivity index (χ4n) is 2.56. The molecule has 1 nitrogen and oxygen atoms in total. The van der Waals surface area contributed by atoms with E-state index in [0.29, 0.717) is 0 Å². The Morgan fingerprint density at radius 3 is 2.55 bits per heavy atom. The Morgan fingerprint density at radius 2 is 1.86 bits per heavy atom. The van der Waals surface area contributed by atoms with Gasteiger partial charge in [0.2, 0.25) is 0 Å². The molecular weight excluding hydrogens is 303 g/mol. The Labute approximate surface area is 122 Å². The summed E-state index contributed by atoms with van der Waals surface area (Å²) in [5.74, 6) is -8.82. The minimum Gasteiger partial charge on any atom is -0.490 e. The second-order valence-electron chi connectivity index (χ2n) is 4.71. The van der Waals surface area contributed by atoms with Crippen molar-refractivity contribution in [3.8, 4) is 0 Å². The van der Waals surface area contributed by atoms with Crippen molar-refractivity contribution in [3.05, 3.63) is 69.9 Å². The molecule has 0 unspecified atom stereocenters. The average molecular weight is 312 g/mol. The molecule has 0 saturated carbocycles. The molecule has 0 bridgehead atoms. The Hall–Kier alpha value is -2.33. The second kappa shape index (κ2) is 4.85. The van der Waals surface area contributed by atoms with E-state index < -0.39 is 40.3 Å². The van der Waals surface area contributed by atoms with Gasteiger partial charge in [-0.05, 0) is 24.6 Å². The number of benzene rings is 1. The van der Waals surface area contributed by atoms with Crippen LogP contribution in [0.3, 0.4) is 0 Å². The van der Waals surface area contributed by atoms with Gasteiger partial charge in [0, 0.05) is 11.6 Å². The summed E-state index contributed by atoms with van der Waals surface area (Å²) in [6.45, 7) is 1.62. The number of halogens is 5. The largest absolute Gasteiger partial charge is 0.490 e. The number of hydrogen-bond donors (Lipinski definition) is 0. The molecule has 0 aliphatic heterocycles. The van der Waals surface area contributed by atoms with Gasteiger partial charge in [0.15, 0.2) is 23.2 Å². The number of hydrogen-bond acceptors (Lipinski definition) is 1. The van der Waals surface area contributed by atoms with E-state index in [0.717, 1.165) is 24.3 Å². The number of rotatable bonds is 2. The summed E-state index contributed by atoms with van der Waals surface area (Å²) in [7, 11) is 0. The molecule has 0 aromatic heterocycles. The average Bonchev–Trinajstić information content (AvgIpc) is 2.57. The van der Waals surface area contributed by atoms with E-state index in [-0.39, 0.29) is 17.7 Å². The van der Waals surface area contributed by atoms with Gasteiger partial charge < -0.3 is 4.74 Å². The van der Waals surface area contributed by atoms with Crippen LogP contribution >= 0.6 is 0 Å². The molecule has 1 aromatic rings. The summed E-state index contributed by atoms with van der Waals surface area (Å²) >= 11 is 0. The van der Waals surface area contributed by atoms with Gasteiger partial charge in [-0.1, -0.05) is 6.07 Å². The van der Waals surface area contributed by atoms with Crippen molar-refractivity contribution >= 4 is 5.57 Å². The normalized spacial score (nSPS) is 18.5. The van der Waals surface area contributed by atoms with Gasteiger partial charge in [0.1, 0.15) is 0 Å². The van der Waals surface area contributed by atoms with Gasteiger partial charge in [-0.15, -0.1) is 5.73 Å². The van der Waals surface area contributed by atoms with E-state index in [4.69, 9.17) is 4.74 Å². The van der Waals surface area contributed by atoms with Gasteiger partial charge in [0.25, 0.3) is 0 Å². The van der Waals surface area contributed by atoms with Crippen molar-refractivity contribution in [3.63, 3.8) is 0 Å². The predicted octanol–water partition coefficient (Wildman–Crippen LogP) is 4.77. The summed E-state index contributed by atoms with van der Waals surface area (Å²) in [5.41, 5.74) is -0.169. The molecule has 2 aliphatic carbocycles. The van der Waals surface area contributed by atoms with Crippen LogP contribution in [0, 0.1) is 11.6 Å². The molecule has 0 radical (unpaired) electrons. The van der Waals surface area contributed by atoms with E-state index in [1.54, 1.807) is 6.92 Å². The lowest BCUT2D eigenvalue weighted by atomic mass is 10.0. The maximum absolute atomic E-state index is 14.5. The number of fused-ring (bicyclic) bond motifs is 2. The first-order valence-corrected chi connectivity index (χ1v) is 6.46. The molecule has 22 heavy (non-hydrogen) atoms. The minimum absolute atomic E-state index is 0.0606. The van der Waals surface area contributed by atoms with Crippen molar-refractivity contribution in [1.29, 1.82) is 0 Å². The quantitative estimate of drug-likeness (QED) is 0.565. The minimum atomic E-state index is -4.00. The Balaban J connectivity index is 2.32. The van der Waals surface area contributed by atoms with Crippen molar-refractivity contribution < 1.29 is 26.7 Å². The van der Waals surface area contributed by atoms with Crippen LogP contribution in [0.25, 0.3) is 5.57 Å². The Morgan fingerprint density at radius 1 is 1.14 bits per heavy atom. The maximum atomic E-state index is 14.5. The van der Waals surface area contributed by atoms with Gasteiger partial charge >= 0.3 is 5.92 Å². The summed E-state index contributed by atoms with van der Waals surface area (Å²) in [5, 5.41) is 0. The standard InChI is InChI=1S/C16H9F5O/c1-2-22-11-5-3-4-8-9-6-7-10(17)14(18)12(9)16(20,21)13(8)15(11)19/h4-7H,2H2,1H3. The van der Waals surface area contributed by atoms with Crippen LogP contribution < -0.4 is 0 Å². The highest BCUT2D eigenvalue weighted by molar-refractivity contribution is 5.88. The Bertz CT molecular complexity index is 795. The van der Waals surface area contributed by atoms with Crippen LogP contribution in [0.1, 0.15) is 18.1 Å². The lowest BCUT2D eigenvalue weighted by Gasteiger charge is -2.16. The fourth-order valence-corrected chi connectivity index (χ4v) is 2.56. The first-order chi connectivity index (χ1) is 10.4. The zero-order chi connectivity index (χ0) is 16.1. The van der Waals surface area contributed by atoms with Crippen molar-refractivity contribution in [1.82, 2.24) is 0 Å². The molecular formula is C16H9F5O. The highest BCUT2D eigenvalue weighted by Crippen LogP contribution is 2.54. The highest BCUT2D eigenvalue weighted by Gasteiger charge is 2.51. The van der Waals surface area contributed by atoms with Crippen LogP contribution in [0.2, 0.25) is 0 Å². The summed E-state index contributed by atoms with van der Waals surface area (Å²) in [6, 6.07) is 1.73. The molecule has 0 N–H and O–H groups in total. The first-order valence-electron chi connectivity index (χ1n) is 6.46. The molecule has 0 heterocycles. The first kappa shape index (κ1) is 14.6. The van der Waals surface area contributed by atoms with E-state index >= 15 is 0 Å².